The summed E-state index contributed by atoms with van der Waals surface area (Å²) in [5.41, 5.74) is 3.06. The first kappa shape index (κ1) is 20.1. The van der Waals surface area contributed by atoms with Gasteiger partial charge in [0, 0.05) is 42.1 Å². The predicted octanol–water partition coefficient (Wildman–Crippen LogP) is 3.22. The second-order valence-electron chi connectivity index (χ2n) is 6.20. The molecule has 3 aromatic rings. The van der Waals surface area contributed by atoms with Crippen LogP contribution in [0.4, 0.5) is 5.69 Å². The number of carbonyl (C=O) groups excluding carboxylic acids is 1. The molecule has 0 bridgehead atoms. The lowest BCUT2D eigenvalue weighted by Gasteiger charge is -2.09. The minimum absolute atomic E-state index is 0.00190. The summed E-state index contributed by atoms with van der Waals surface area (Å²) in [5, 5.41) is 11.5. The Morgan fingerprint density at radius 1 is 1.28 bits per heavy atom. The molecule has 0 spiro atoms. The van der Waals surface area contributed by atoms with E-state index in [1.807, 2.05) is 26.0 Å². The second-order valence-corrected chi connectivity index (χ2v) is 6.20. The van der Waals surface area contributed by atoms with Gasteiger partial charge in [-0.3, -0.25) is 15.2 Å². The topological polar surface area (TPSA) is 116 Å². The number of H-pyrrole nitrogens is 1. The van der Waals surface area contributed by atoms with Gasteiger partial charge in [0.05, 0.1) is 5.69 Å². The number of amidine groups is 2. The van der Waals surface area contributed by atoms with E-state index in [4.69, 9.17) is 10.1 Å². The fraction of sp³-hybridized carbons (Fsp3) is 0.190. The molecule has 148 valence electrons. The van der Waals surface area contributed by atoms with Gasteiger partial charge in [0.1, 0.15) is 12.3 Å². The van der Waals surface area contributed by atoms with Crippen LogP contribution in [0.1, 0.15) is 34.4 Å². The number of aromatic amines is 1. The molecule has 0 saturated heterocycles. The monoisotopic (exact) mass is 390 g/mol. The highest BCUT2D eigenvalue weighted by atomic mass is 16.5. The predicted molar refractivity (Wildman–Crippen MR) is 112 cm³/mol. The van der Waals surface area contributed by atoms with Gasteiger partial charge in [0.15, 0.2) is 17.5 Å². The minimum atomic E-state index is -0.131. The summed E-state index contributed by atoms with van der Waals surface area (Å²) in [6.07, 6.45) is 4.91. The van der Waals surface area contributed by atoms with Crippen LogP contribution in [0.25, 0.3) is 0 Å². The Labute approximate surface area is 168 Å². The highest BCUT2D eigenvalue weighted by Gasteiger charge is 2.14. The molecule has 0 aliphatic heterocycles. The molecule has 0 aromatic carbocycles. The molecule has 29 heavy (non-hydrogen) atoms. The van der Waals surface area contributed by atoms with Gasteiger partial charge in [-0.2, -0.15) is 0 Å². The number of pyridine rings is 2. The number of ether oxygens (including phenoxy) is 1. The number of ketones is 1. The van der Waals surface area contributed by atoms with Crippen LogP contribution >= 0.6 is 0 Å². The Morgan fingerprint density at radius 2 is 2.07 bits per heavy atom. The number of nitrogens with one attached hydrogen (secondary N) is 3. The zero-order chi connectivity index (χ0) is 20.6. The maximum atomic E-state index is 12.2. The van der Waals surface area contributed by atoms with E-state index in [-0.39, 0.29) is 18.2 Å². The van der Waals surface area contributed by atoms with Crippen molar-refractivity contribution in [3.8, 4) is 0 Å². The lowest BCUT2D eigenvalue weighted by Crippen LogP contribution is -2.17. The number of rotatable bonds is 7. The molecule has 0 atom stereocenters. The van der Waals surface area contributed by atoms with Gasteiger partial charge in [0.2, 0.25) is 0 Å². The van der Waals surface area contributed by atoms with Crippen molar-refractivity contribution in [3.63, 3.8) is 0 Å². The molecule has 0 fully saturated rings. The van der Waals surface area contributed by atoms with Gasteiger partial charge in [-0.15, -0.1) is 0 Å². The number of anilines is 1. The van der Waals surface area contributed by atoms with E-state index in [1.54, 1.807) is 42.9 Å². The lowest BCUT2D eigenvalue weighted by atomic mass is 10.2. The van der Waals surface area contributed by atoms with Crippen molar-refractivity contribution in [1.29, 1.82) is 5.41 Å². The van der Waals surface area contributed by atoms with E-state index in [1.165, 1.54) is 0 Å². The first-order valence-electron chi connectivity index (χ1n) is 9.15. The van der Waals surface area contributed by atoms with Crippen molar-refractivity contribution in [2.45, 2.75) is 13.8 Å². The van der Waals surface area contributed by atoms with Crippen LogP contribution in [0, 0.1) is 12.3 Å². The zero-order valence-electron chi connectivity index (χ0n) is 16.3. The van der Waals surface area contributed by atoms with Crippen molar-refractivity contribution < 1.29 is 9.53 Å². The molecule has 0 unspecified atom stereocenters. The summed E-state index contributed by atoms with van der Waals surface area (Å²) < 4.78 is 5.19. The first-order chi connectivity index (χ1) is 14.1. The molecule has 3 N–H and O–H groups in total. The highest BCUT2D eigenvalue weighted by Crippen LogP contribution is 2.12. The first-order valence-corrected chi connectivity index (χ1v) is 9.15. The summed E-state index contributed by atoms with van der Waals surface area (Å²) in [7, 11) is 0. The van der Waals surface area contributed by atoms with Crippen LogP contribution in [-0.4, -0.2) is 45.6 Å². The van der Waals surface area contributed by atoms with Crippen LogP contribution < -0.4 is 5.32 Å². The summed E-state index contributed by atoms with van der Waals surface area (Å²) in [4.78, 5) is 28.0. The number of aryl methyl sites for hydroxylation is 1. The van der Waals surface area contributed by atoms with E-state index >= 15 is 0 Å². The van der Waals surface area contributed by atoms with E-state index in [0.29, 0.717) is 29.4 Å². The van der Waals surface area contributed by atoms with Crippen molar-refractivity contribution in [2.75, 3.05) is 18.5 Å². The van der Waals surface area contributed by atoms with Gasteiger partial charge >= 0.3 is 0 Å². The smallest absolute Gasteiger partial charge is 0.189 e. The minimum Gasteiger partial charge on any atom is -0.374 e. The number of aliphatic imine (C=N–C) groups is 1. The highest BCUT2D eigenvalue weighted by molar-refractivity contribution is 6.15. The normalized spacial score (nSPS) is 11.3. The van der Waals surface area contributed by atoms with Crippen LogP contribution in [-0.2, 0) is 4.74 Å². The Morgan fingerprint density at radius 3 is 2.79 bits per heavy atom. The van der Waals surface area contributed by atoms with Gasteiger partial charge in [0.25, 0.3) is 0 Å². The maximum absolute atomic E-state index is 12.2. The third-order valence-electron chi connectivity index (χ3n) is 4.00. The standard InChI is InChI=1S/C21H22N6O2/c1-3-29-13-19(28)15-11-18(24-12-15)21(26-16-7-9-23-10-8-16)27-20(22)17-6-4-5-14(2)25-17/h4-12,24H,3,13H2,1-2H3,(H2,22,23,26,27). The number of Topliss-reactive ketones (excluding diaryl/α,β-unsaturated/α-hetero) is 1. The molecule has 8 heteroatoms. The Kier molecular flexibility index (Phi) is 6.59. The summed E-state index contributed by atoms with van der Waals surface area (Å²) in [5.74, 6) is 0.259. The number of hydrogen-bond donors (Lipinski definition) is 3. The van der Waals surface area contributed by atoms with Gasteiger partial charge < -0.3 is 15.0 Å². The Hall–Kier alpha value is -3.65. The van der Waals surface area contributed by atoms with E-state index in [2.05, 4.69) is 25.3 Å². The molecular formula is C21H22N6O2. The van der Waals surface area contributed by atoms with Crippen LogP contribution in [0.5, 0.6) is 0 Å². The van der Waals surface area contributed by atoms with Crippen LogP contribution in [0.3, 0.4) is 0 Å². The van der Waals surface area contributed by atoms with Gasteiger partial charge in [-0.05, 0) is 44.2 Å². The van der Waals surface area contributed by atoms with Crippen molar-refractivity contribution in [3.05, 3.63) is 77.6 Å². The van der Waals surface area contributed by atoms with Crippen LogP contribution in [0.2, 0.25) is 0 Å². The van der Waals surface area contributed by atoms with Gasteiger partial charge in [-0.1, -0.05) is 6.07 Å². The van der Waals surface area contributed by atoms with Crippen LogP contribution in [0.15, 0.2) is 60.0 Å². The molecule has 0 radical (unpaired) electrons. The average Bonchev–Trinajstić information content (AvgIpc) is 3.22. The molecular weight excluding hydrogens is 368 g/mol. The summed E-state index contributed by atoms with van der Waals surface area (Å²) in [6.45, 7) is 4.18. The number of aromatic nitrogens is 3. The number of hydrogen-bond acceptors (Lipinski definition) is 5. The van der Waals surface area contributed by atoms with E-state index in [9.17, 15) is 4.79 Å². The Balaban J connectivity index is 1.92. The fourth-order valence-electron chi connectivity index (χ4n) is 2.54. The summed E-state index contributed by atoms with van der Waals surface area (Å²) >= 11 is 0. The average molecular weight is 390 g/mol. The molecule has 0 aliphatic rings. The van der Waals surface area contributed by atoms with E-state index < -0.39 is 0 Å². The quantitative estimate of drug-likeness (QED) is 0.325. The third-order valence-corrected chi connectivity index (χ3v) is 4.00. The molecule has 0 saturated carbocycles. The summed E-state index contributed by atoms with van der Waals surface area (Å²) in [6, 6.07) is 10.7. The molecule has 3 rings (SSSR count). The third kappa shape index (κ3) is 5.43. The molecule has 0 aliphatic carbocycles. The molecule has 0 amide bonds. The molecule has 3 heterocycles. The number of nitrogens with zero attached hydrogens (tertiary/aromatic N) is 3. The molecule has 8 nitrogen and oxygen atoms in total. The number of carbonyl (C=O) groups is 1. The van der Waals surface area contributed by atoms with Crippen molar-refractivity contribution in [2.24, 2.45) is 4.99 Å². The zero-order valence-corrected chi connectivity index (χ0v) is 16.3. The van der Waals surface area contributed by atoms with Crippen molar-refractivity contribution in [1.82, 2.24) is 15.0 Å². The molecule has 3 aromatic heterocycles. The SMILES string of the molecule is CCOCC(=O)c1c[nH]c(/C(=N\C(=N)c2cccc(C)n2)Nc2ccncc2)c1. The maximum Gasteiger partial charge on any atom is 0.189 e. The van der Waals surface area contributed by atoms with E-state index in [0.717, 1.165) is 11.4 Å². The Bertz CT molecular complexity index is 1030. The van der Waals surface area contributed by atoms with Gasteiger partial charge in [-0.25, -0.2) is 9.98 Å². The fourth-order valence-corrected chi connectivity index (χ4v) is 2.54. The largest absolute Gasteiger partial charge is 0.374 e. The second kappa shape index (κ2) is 9.52. The van der Waals surface area contributed by atoms with Crippen molar-refractivity contribution >= 4 is 23.1 Å². The lowest BCUT2D eigenvalue weighted by molar-refractivity contribution is 0.0783.